The highest BCUT2D eigenvalue weighted by Gasteiger charge is 2.26. The van der Waals surface area contributed by atoms with Crippen LogP contribution in [0, 0.1) is 5.92 Å². The van der Waals surface area contributed by atoms with Gasteiger partial charge in [0.15, 0.2) is 0 Å². The molecule has 2 heterocycles. The van der Waals surface area contributed by atoms with Gasteiger partial charge in [-0.2, -0.15) is 0 Å². The van der Waals surface area contributed by atoms with Crippen molar-refractivity contribution in [1.29, 1.82) is 0 Å². The van der Waals surface area contributed by atoms with E-state index in [0.29, 0.717) is 19.6 Å². The van der Waals surface area contributed by atoms with Crippen molar-refractivity contribution in [2.75, 3.05) is 19.6 Å². The first-order chi connectivity index (χ1) is 12.6. The van der Waals surface area contributed by atoms with Gasteiger partial charge in [-0.25, -0.2) is 0 Å². The zero-order valence-electron chi connectivity index (χ0n) is 15.4. The molecular weight excluding hydrogens is 326 g/mol. The summed E-state index contributed by atoms with van der Waals surface area (Å²) in [4.78, 5) is 13.7. The molecule has 0 saturated carbocycles. The maximum absolute atomic E-state index is 11.5. The van der Waals surface area contributed by atoms with E-state index in [0.717, 1.165) is 32.2 Å². The molecule has 1 saturated heterocycles. The highest BCUT2D eigenvalue weighted by Crippen LogP contribution is 2.32. The number of carbonyl (C=O) groups is 1. The molecule has 0 bridgehead atoms. The minimum Gasteiger partial charge on any atom is -0.390 e. The number of aliphatic hydroxyl groups excluding tert-OH is 1. The quantitative estimate of drug-likeness (QED) is 0.863. The summed E-state index contributed by atoms with van der Waals surface area (Å²) in [5, 5.41) is 12.1. The number of nitrogens with two attached hydrogens (primary N) is 1. The molecule has 1 amide bonds. The number of para-hydroxylation sites is 1. The number of aliphatic hydroxyl groups is 1. The molecule has 1 aromatic carbocycles. The summed E-state index contributed by atoms with van der Waals surface area (Å²) in [6.07, 6.45) is 6.14. The minimum absolute atomic E-state index is 0.0730. The highest BCUT2D eigenvalue weighted by atomic mass is 16.3. The number of aromatic nitrogens is 1. The number of fused-ring (bicyclic) bond motifs is 3. The fourth-order valence-corrected chi connectivity index (χ4v) is 4.82. The molecule has 1 aliphatic carbocycles. The number of aryl methyl sites for hydroxylation is 1. The van der Waals surface area contributed by atoms with E-state index in [2.05, 4.69) is 33.7 Å². The van der Waals surface area contributed by atoms with Crippen molar-refractivity contribution in [2.45, 2.75) is 51.2 Å². The lowest BCUT2D eigenvalue weighted by Crippen LogP contribution is -2.44. The molecule has 1 aliphatic heterocycles. The zero-order chi connectivity index (χ0) is 18.1. The Labute approximate surface area is 154 Å². The number of likely N-dealkylation sites (tertiary alicyclic amines) is 1. The first-order valence-electron chi connectivity index (χ1n) is 9.92. The third-order valence-corrected chi connectivity index (χ3v) is 6.05. The molecule has 0 radical (unpaired) electrons. The number of primary amides is 1. The normalized spacial score (nSPS) is 22.3. The van der Waals surface area contributed by atoms with Crippen molar-refractivity contribution >= 4 is 16.8 Å². The van der Waals surface area contributed by atoms with Gasteiger partial charge in [0.05, 0.1) is 18.6 Å². The van der Waals surface area contributed by atoms with E-state index in [1.54, 1.807) is 0 Å². The number of rotatable bonds is 5. The second-order valence-electron chi connectivity index (χ2n) is 7.92. The van der Waals surface area contributed by atoms with Crippen LogP contribution in [0.15, 0.2) is 24.3 Å². The second kappa shape index (κ2) is 7.41. The lowest BCUT2D eigenvalue weighted by atomic mass is 9.95. The number of nitrogens with zero attached hydrogens (tertiary/aromatic N) is 2. The van der Waals surface area contributed by atoms with Crippen LogP contribution in [0.3, 0.4) is 0 Å². The van der Waals surface area contributed by atoms with Crippen LogP contribution in [0.2, 0.25) is 0 Å². The molecule has 1 fully saturated rings. The second-order valence-corrected chi connectivity index (χ2v) is 7.92. The first-order valence-corrected chi connectivity index (χ1v) is 9.92. The molecule has 0 spiro atoms. The minimum atomic E-state index is -0.441. The molecule has 2 unspecified atom stereocenters. The van der Waals surface area contributed by atoms with Crippen molar-refractivity contribution < 1.29 is 9.90 Å². The van der Waals surface area contributed by atoms with Gasteiger partial charge in [0, 0.05) is 29.7 Å². The van der Waals surface area contributed by atoms with Crippen LogP contribution in [-0.4, -0.2) is 46.2 Å². The third-order valence-electron chi connectivity index (χ3n) is 6.05. The van der Waals surface area contributed by atoms with Gasteiger partial charge in [-0.3, -0.25) is 9.69 Å². The SMILES string of the molecule is NC(=O)C1CCCN(CC(O)Cn2c3c(c4ccccc42)CCCC3)C1. The first kappa shape index (κ1) is 17.6. The van der Waals surface area contributed by atoms with Crippen LogP contribution in [0.1, 0.15) is 36.9 Å². The topological polar surface area (TPSA) is 71.5 Å². The Morgan fingerprint density at radius 1 is 1.19 bits per heavy atom. The van der Waals surface area contributed by atoms with Crippen LogP contribution >= 0.6 is 0 Å². The highest BCUT2D eigenvalue weighted by molar-refractivity contribution is 5.85. The Kier molecular flexibility index (Phi) is 5.00. The monoisotopic (exact) mass is 355 g/mol. The van der Waals surface area contributed by atoms with E-state index in [1.165, 1.54) is 35.0 Å². The van der Waals surface area contributed by atoms with Gasteiger partial charge in [0.1, 0.15) is 0 Å². The van der Waals surface area contributed by atoms with E-state index in [-0.39, 0.29) is 11.8 Å². The van der Waals surface area contributed by atoms with Crippen LogP contribution < -0.4 is 5.73 Å². The van der Waals surface area contributed by atoms with Crippen LogP contribution in [0.4, 0.5) is 0 Å². The van der Waals surface area contributed by atoms with E-state index in [4.69, 9.17) is 5.73 Å². The van der Waals surface area contributed by atoms with Crippen molar-refractivity contribution in [3.8, 4) is 0 Å². The number of piperidine rings is 1. The number of hydrogen-bond donors (Lipinski definition) is 2. The molecule has 2 atom stereocenters. The Hall–Kier alpha value is -1.85. The lowest BCUT2D eigenvalue weighted by molar-refractivity contribution is -0.123. The maximum atomic E-state index is 11.5. The predicted octanol–water partition coefficient (Wildman–Crippen LogP) is 2.08. The number of benzene rings is 1. The van der Waals surface area contributed by atoms with Gasteiger partial charge in [0.25, 0.3) is 0 Å². The number of carbonyl (C=O) groups excluding carboxylic acids is 1. The molecule has 2 aliphatic rings. The fraction of sp³-hybridized carbons (Fsp3) is 0.571. The van der Waals surface area contributed by atoms with E-state index < -0.39 is 6.10 Å². The summed E-state index contributed by atoms with van der Waals surface area (Å²) in [5.74, 6) is -0.286. The van der Waals surface area contributed by atoms with E-state index in [9.17, 15) is 9.90 Å². The lowest BCUT2D eigenvalue weighted by Gasteiger charge is -2.32. The van der Waals surface area contributed by atoms with E-state index >= 15 is 0 Å². The van der Waals surface area contributed by atoms with Crippen molar-refractivity contribution in [3.63, 3.8) is 0 Å². The largest absolute Gasteiger partial charge is 0.390 e. The van der Waals surface area contributed by atoms with Gasteiger partial charge in [0.2, 0.25) is 5.91 Å². The molecule has 1 aromatic heterocycles. The molecule has 140 valence electrons. The van der Waals surface area contributed by atoms with Crippen LogP contribution in [-0.2, 0) is 24.2 Å². The van der Waals surface area contributed by atoms with Crippen LogP contribution in [0.5, 0.6) is 0 Å². The molecule has 5 heteroatoms. The standard InChI is InChI=1S/C21H29N3O2/c22-21(26)15-6-5-11-23(12-15)13-16(25)14-24-19-9-3-1-7-17(19)18-8-2-4-10-20(18)24/h1,3,7,9,15-16,25H,2,4-6,8,10-14H2,(H2,22,26). The summed E-state index contributed by atoms with van der Waals surface area (Å²) >= 11 is 0. The Balaban J connectivity index is 1.51. The summed E-state index contributed by atoms with van der Waals surface area (Å²) in [5.41, 5.74) is 9.60. The van der Waals surface area contributed by atoms with E-state index in [1.807, 2.05) is 0 Å². The number of β-amino-alcohol motifs (C(OH)–C–C–N with tert-alkyl or cyclic N) is 1. The van der Waals surface area contributed by atoms with Gasteiger partial charge < -0.3 is 15.4 Å². The van der Waals surface area contributed by atoms with Gasteiger partial charge in [-0.15, -0.1) is 0 Å². The fourth-order valence-electron chi connectivity index (χ4n) is 4.82. The predicted molar refractivity (Wildman–Crippen MR) is 103 cm³/mol. The molecule has 5 nitrogen and oxygen atoms in total. The van der Waals surface area contributed by atoms with Gasteiger partial charge >= 0.3 is 0 Å². The Morgan fingerprint density at radius 2 is 2.00 bits per heavy atom. The number of amides is 1. The smallest absolute Gasteiger partial charge is 0.221 e. The number of hydrogen-bond acceptors (Lipinski definition) is 3. The molecular formula is C21H29N3O2. The molecule has 4 rings (SSSR count). The maximum Gasteiger partial charge on any atom is 0.221 e. The molecule has 2 aromatic rings. The Bertz CT molecular complexity index is 798. The van der Waals surface area contributed by atoms with Crippen molar-refractivity contribution in [2.24, 2.45) is 11.7 Å². The average Bonchev–Trinajstić information content (AvgIpc) is 2.96. The average molecular weight is 355 g/mol. The summed E-state index contributed by atoms with van der Waals surface area (Å²) in [7, 11) is 0. The van der Waals surface area contributed by atoms with Crippen molar-refractivity contribution in [3.05, 3.63) is 35.5 Å². The summed E-state index contributed by atoms with van der Waals surface area (Å²) in [6, 6.07) is 8.57. The Morgan fingerprint density at radius 3 is 2.85 bits per heavy atom. The summed E-state index contributed by atoms with van der Waals surface area (Å²) < 4.78 is 2.34. The third kappa shape index (κ3) is 3.38. The molecule has 3 N–H and O–H groups in total. The molecule has 26 heavy (non-hydrogen) atoms. The van der Waals surface area contributed by atoms with Gasteiger partial charge in [-0.1, -0.05) is 18.2 Å². The summed E-state index contributed by atoms with van der Waals surface area (Å²) in [6.45, 7) is 2.83. The van der Waals surface area contributed by atoms with Crippen LogP contribution in [0.25, 0.3) is 10.9 Å². The van der Waals surface area contributed by atoms with Gasteiger partial charge in [-0.05, 0) is 56.7 Å². The van der Waals surface area contributed by atoms with Crippen molar-refractivity contribution in [1.82, 2.24) is 9.47 Å². The zero-order valence-corrected chi connectivity index (χ0v) is 15.4.